The molecule has 3 nitrogen and oxygen atoms in total. The van der Waals surface area contributed by atoms with Gasteiger partial charge in [-0.2, -0.15) is 0 Å². The van der Waals surface area contributed by atoms with Crippen LogP contribution in [0.2, 0.25) is 0 Å². The molecule has 1 fully saturated rings. The highest BCUT2D eigenvalue weighted by atomic mass is 16.3. The molecule has 0 aliphatic heterocycles. The molecule has 2 unspecified atom stereocenters. The van der Waals surface area contributed by atoms with Crippen LogP contribution in [0.25, 0.3) is 0 Å². The highest BCUT2D eigenvalue weighted by Crippen LogP contribution is 2.29. The molecule has 1 aliphatic carbocycles. The normalized spacial score (nSPS) is 36.4. The Morgan fingerprint density at radius 2 is 2.25 bits per heavy atom. The lowest BCUT2D eigenvalue weighted by atomic mass is 9.78. The molecule has 2 N–H and O–H groups in total. The van der Waals surface area contributed by atoms with Crippen molar-refractivity contribution in [2.45, 2.75) is 50.7 Å². The van der Waals surface area contributed by atoms with E-state index in [-0.39, 0.29) is 5.78 Å². The molecule has 0 heterocycles. The van der Waals surface area contributed by atoms with Crippen molar-refractivity contribution < 1.29 is 15.0 Å². The monoisotopic (exact) mass is 172 g/mol. The van der Waals surface area contributed by atoms with Crippen molar-refractivity contribution in [2.24, 2.45) is 0 Å². The van der Waals surface area contributed by atoms with Crippen LogP contribution in [0.1, 0.15) is 39.0 Å². The smallest absolute Gasteiger partial charge is 0.166 e. The van der Waals surface area contributed by atoms with E-state index in [1.54, 1.807) is 6.92 Å². The molecular weight excluding hydrogens is 156 g/mol. The maximum Gasteiger partial charge on any atom is 0.166 e. The van der Waals surface area contributed by atoms with E-state index in [1.807, 2.05) is 0 Å². The summed E-state index contributed by atoms with van der Waals surface area (Å²) in [7, 11) is 0. The standard InChI is InChI=1S/C9H16O3/c1-2-7(10)9(12)6-4-3-5-8(9)11/h8,11-12H,2-6H2,1H3. The van der Waals surface area contributed by atoms with Gasteiger partial charge in [-0.1, -0.05) is 13.3 Å². The molecule has 1 aliphatic rings. The Hall–Kier alpha value is -0.410. The van der Waals surface area contributed by atoms with Gasteiger partial charge in [0.15, 0.2) is 5.78 Å². The second-order valence-corrected chi connectivity index (χ2v) is 3.46. The van der Waals surface area contributed by atoms with E-state index in [1.165, 1.54) is 0 Å². The summed E-state index contributed by atoms with van der Waals surface area (Å²) in [5.41, 5.74) is -1.44. The van der Waals surface area contributed by atoms with E-state index in [9.17, 15) is 15.0 Å². The highest BCUT2D eigenvalue weighted by Gasteiger charge is 2.43. The lowest BCUT2D eigenvalue weighted by molar-refractivity contribution is -0.156. The van der Waals surface area contributed by atoms with Crippen LogP contribution in [0, 0.1) is 0 Å². The van der Waals surface area contributed by atoms with Crippen LogP contribution >= 0.6 is 0 Å². The highest BCUT2D eigenvalue weighted by molar-refractivity contribution is 5.87. The van der Waals surface area contributed by atoms with Crippen molar-refractivity contribution in [3.8, 4) is 0 Å². The van der Waals surface area contributed by atoms with Gasteiger partial charge in [-0.15, -0.1) is 0 Å². The van der Waals surface area contributed by atoms with E-state index in [0.29, 0.717) is 19.3 Å². The fourth-order valence-electron chi connectivity index (χ4n) is 1.77. The fraction of sp³-hybridized carbons (Fsp3) is 0.889. The quantitative estimate of drug-likeness (QED) is 0.642. The minimum Gasteiger partial charge on any atom is -0.390 e. The number of aliphatic hydroxyl groups excluding tert-OH is 1. The van der Waals surface area contributed by atoms with E-state index in [0.717, 1.165) is 12.8 Å². The number of carbonyl (C=O) groups excluding carboxylic acids is 1. The summed E-state index contributed by atoms with van der Waals surface area (Å²) in [5, 5.41) is 19.3. The molecule has 1 saturated carbocycles. The summed E-state index contributed by atoms with van der Waals surface area (Å²) >= 11 is 0. The zero-order valence-corrected chi connectivity index (χ0v) is 7.42. The Kier molecular flexibility index (Phi) is 2.85. The molecular formula is C9H16O3. The zero-order valence-electron chi connectivity index (χ0n) is 7.42. The molecule has 1 rings (SSSR count). The molecule has 70 valence electrons. The van der Waals surface area contributed by atoms with E-state index in [2.05, 4.69) is 0 Å². The molecule has 0 amide bonds. The van der Waals surface area contributed by atoms with E-state index >= 15 is 0 Å². The minimum atomic E-state index is -1.44. The van der Waals surface area contributed by atoms with Gasteiger partial charge in [0.2, 0.25) is 0 Å². The van der Waals surface area contributed by atoms with Crippen molar-refractivity contribution in [3.63, 3.8) is 0 Å². The third-order valence-corrected chi connectivity index (χ3v) is 2.64. The number of hydrogen-bond acceptors (Lipinski definition) is 3. The average Bonchev–Trinajstić information content (AvgIpc) is 2.09. The summed E-state index contributed by atoms with van der Waals surface area (Å²) in [6, 6.07) is 0. The number of rotatable bonds is 2. The molecule has 2 atom stereocenters. The largest absolute Gasteiger partial charge is 0.390 e. The summed E-state index contributed by atoms with van der Waals surface area (Å²) in [6.07, 6.45) is 2.15. The van der Waals surface area contributed by atoms with Crippen LogP contribution in [0.4, 0.5) is 0 Å². The van der Waals surface area contributed by atoms with Gasteiger partial charge < -0.3 is 10.2 Å². The van der Waals surface area contributed by atoms with Crippen LogP contribution in [0.5, 0.6) is 0 Å². The summed E-state index contributed by atoms with van der Waals surface area (Å²) in [6.45, 7) is 1.71. The topological polar surface area (TPSA) is 57.5 Å². The first kappa shape index (κ1) is 9.68. The van der Waals surface area contributed by atoms with Crippen LogP contribution < -0.4 is 0 Å². The second kappa shape index (κ2) is 3.54. The van der Waals surface area contributed by atoms with Crippen molar-refractivity contribution >= 4 is 5.78 Å². The Bertz CT molecular complexity index is 179. The minimum absolute atomic E-state index is 0.227. The Labute approximate surface area is 72.4 Å². The first-order valence-electron chi connectivity index (χ1n) is 4.55. The number of hydrogen-bond donors (Lipinski definition) is 2. The van der Waals surface area contributed by atoms with Crippen molar-refractivity contribution in [1.29, 1.82) is 0 Å². The Morgan fingerprint density at radius 1 is 1.58 bits per heavy atom. The number of carbonyl (C=O) groups is 1. The van der Waals surface area contributed by atoms with Gasteiger partial charge in [0, 0.05) is 6.42 Å². The van der Waals surface area contributed by atoms with Crippen molar-refractivity contribution in [3.05, 3.63) is 0 Å². The molecule has 0 spiro atoms. The average molecular weight is 172 g/mol. The molecule has 12 heavy (non-hydrogen) atoms. The third kappa shape index (κ3) is 1.52. The van der Waals surface area contributed by atoms with Crippen LogP contribution in [0.3, 0.4) is 0 Å². The molecule has 0 aromatic heterocycles. The molecule has 0 radical (unpaired) electrons. The van der Waals surface area contributed by atoms with Gasteiger partial charge in [-0.25, -0.2) is 0 Å². The van der Waals surface area contributed by atoms with Gasteiger partial charge in [0.1, 0.15) is 5.60 Å². The number of Topliss-reactive ketones (excluding diaryl/α,β-unsaturated/α-hetero) is 1. The fourth-order valence-corrected chi connectivity index (χ4v) is 1.77. The Balaban J connectivity index is 2.72. The molecule has 0 aromatic rings. The maximum atomic E-state index is 11.3. The van der Waals surface area contributed by atoms with Crippen molar-refractivity contribution in [1.82, 2.24) is 0 Å². The summed E-state index contributed by atoms with van der Waals surface area (Å²) in [5.74, 6) is -0.227. The van der Waals surface area contributed by atoms with Gasteiger partial charge in [-0.05, 0) is 19.3 Å². The molecule has 0 aromatic carbocycles. The van der Waals surface area contributed by atoms with Gasteiger partial charge in [-0.3, -0.25) is 4.79 Å². The van der Waals surface area contributed by atoms with E-state index in [4.69, 9.17) is 0 Å². The van der Waals surface area contributed by atoms with Gasteiger partial charge >= 0.3 is 0 Å². The van der Waals surface area contributed by atoms with Crippen molar-refractivity contribution in [2.75, 3.05) is 0 Å². The maximum absolute atomic E-state index is 11.3. The first-order chi connectivity index (χ1) is 5.61. The first-order valence-corrected chi connectivity index (χ1v) is 4.55. The third-order valence-electron chi connectivity index (χ3n) is 2.64. The van der Waals surface area contributed by atoms with E-state index < -0.39 is 11.7 Å². The molecule has 3 heteroatoms. The lowest BCUT2D eigenvalue weighted by Gasteiger charge is -2.35. The van der Waals surface area contributed by atoms with Gasteiger partial charge in [0.05, 0.1) is 6.10 Å². The number of ketones is 1. The SMILES string of the molecule is CCC(=O)C1(O)CCCCC1O. The van der Waals surface area contributed by atoms with Crippen LogP contribution in [-0.2, 0) is 4.79 Å². The second-order valence-electron chi connectivity index (χ2n) is 3.46. The van der Waals surface area contributed by atoms with Gasteiger partial charge in [0.25, 0.3) is 0 Å². The molecule has 0 saturated heterocycles. The zero-order chi connectivity index (χ0) is 9.19. The predicted molar refractivity (Wildman–Crippen MR) is 44.7 cm³/mol. The number of aliphatic hydroxyl groups is 2. The van der Waals surface area contributed by atoms with Crippen LogP contribution in [0.15, 0.2) is 0 Å². The Morgan fingerprint density at radius 3 is 2.75 bits per heavy atom. The lowest BCUT2D eigenvalue weighted by Crippen LogP contribution is -2.51. The molecule has 0 bridgehead atoms. The predicted octanol–water partition coefficient (Wildman–Crippen LogP) is 0.631. The van der Waals surface area contributed by atoms with Crippen LogP contribution in [-0.4, -0.2) is 27.7 Å². The summed E-state index contributed by atoms with van der Waals surface area (Å²) < 4.78 is 0. The summed E-state index contributed by atoms with van der Waals surface area (Å²) in [4.78, 5) is 11.3.